The van der Waals surface area contributed by atoms with Gasteiger partial charge in [0.1, 0.15) is 18.3 Å². The third-order valence-electron chi connectivity index (χ3n) is 3.22. The molecule has 0 radical (unpaired) electrons. The molecular weight excluding hydrogens is 290 g/mol. The van der Waals surface area contributed by atoms with Crippen molar-refractivity contribution in [3.8, 4) is 5.75 Å². The maximum Gasteiger partial charge on any atom is 0.175 e. The molecular formula is C16H16ClNO3. The molecule has 0 amide bonds. The molecule has 21 heavy (non-hydrogen) atoms. The summed E-state index contributed by atoms with van der Waals surface area (Å²) in [7, 11) is 0. The number of nitrogens with two attached hydrogens (primary N) is 1. The second-order valence-corrected chi connectivity index (χ2v) is 4.60. The number of ether oxygens (including phenoxy) is 2. The number of anilines is 1. The standard InChI is InChI=1S/C16H15NO3.ClH/c17-12-7-4-8-13(18)16(12)15-10-19-9-14(20-15)11-5-2-1-3-6-11;/h1-2,4-5,7-10,18H,3,6,17H2;1H. The molecule has 0 spiro atoms. The van der Waals surface area contributed by atoms with Gasteiger partial charge in [0, 0.05) is 5.69 Å². The number of phenols is 1. The summed E-state index contributed by atoms with van der Waals surface area (Å²) in [5, 5.41) is 9.94. The summed E-state index contributed by atoms with van der Waals surface area (Å²) >= 11 is 0. The second-order valence-electron chi connectivity index (χ2n) is 4.60. The van der Waals surface area contributed by atoms with Gasteiger partial charge < -0.3 is 20.3 Å². The first-order chi connectivity index (χ1) is 9.75. The van der Waals surface area contributed by atoms with Gasteiger partial charge in [-0.2, -0.15) is 0 Å². The molecule has 2 aliphatic rings. The minimum atomic E-state index is 0. The Labute approximate surface area is 129 Å². The van der Waals surface area contributed by atoms with Gasteiger partial charge in [-0.25, -0.2) is 0 Å². The van der Waals surface area contributed by atoms with Gasteiger partial charge in [-0.1, -0.05) is 24.3 Å². The van der Waals surface area contributed by atoms with Crippen LogP contribution in [-0.2, 0) is 9.47 Å². The third-order valence-corrected chi connectivity index (χ3v) is 3.22. The molecule has 5 heteroatoms. The number of hydrogen-bond donors (Lipinski definition) is 2. The highest BCUT2D eigenvalue weighted by molar-refractivity contribution is 5.85. The van der Waals surface area contributed by atoms with Crippen LogP contribution in [0.2, 0.25) is 0 Å². The van der Waals surface area contributed by atoms with Gasteiger partial charge in [0.2, 0.25) is 0 Å². The van der Waals surface area contributed by atoms with Crippen LogP contribution in [0.3, 0.4) is 0 Å². The molecule has 4 nitrogen and oxygen atoms in total. The number of allylic oxidation sites excluding steroid dienone is 4. The van der Waals surface area contributed by atoms with E-state index in [-0.39, 0.29) is 18.2 Å². The summed E-state index contributed by atoms with van der Waals surface area (Å²) in [4.78, 5) is 0. The maximum absolute atomic E-state index is 9.94. The molecule has 1 heterocycles. The van der Waals surface area contributed by atoms with Crippen molar-refractivity contribution in [3.63, 3.8) is 0 Å². The minimum absolute atomic E-state index is 0. The van der Waals surface area contributed by atoms with E-state index in [1.54, 1.807) is 24.5 Å². The second kappa shape index (κ2) is 6.41. The van der Waals surface area contributed by atoms with Crippen LogP contribution >= 0.6 is 12.4 Å². The Bertz CT molecular complexity index is 639. The molecule has 0 unspecified atom stereocenters. The minimum Gasteiger partial charge on any atom is -0.507 e. The Kier molecular flexibility index (Phi) is 4.60. The third kappa shape index (κ3) is 3.06. The Morgan fingerprint density at radius 1 is 1.14 bits per heavy atom. The van der Waals surface area contributed by atoms with Crippen molar-refractivity contribution in [2.24, 2.45) is 0 Å². The van der Waals surface area contributed by atoms with Gasteiger partial charge in [-0.3, -0.25) is 0 Å². The maximum atomic E-state index is 9.94. The van der Waals surface area contributed by atoms with Crippen LogP contribution in [0.15, 0.2) is 60.3 Å². The predicted octanol–water partition coefficient (Wildman–Crippen LogP) is 3.86. The average molecular weight is 306 g/mol. The Hall–Kier alpha value is -2.33. The fraction of sp³-hybridized carbons (Fsp3) is 0.125. The van der Waals surface area contributed by atoms with Gasteiger partial charge in [0.05, 0.1) is 5.56 Å². The molecule has 0 bridgehead atoms. The first-order valence-electron chi connectivity index (χ1n) is 6.43. The van der Waals surface area contributed by atoms with Crippen molar-refractivity contribution in [1.82, 2.24) is 0 Å². The van der Waals surface area contributed by atoms with Crippen molar-refractivity contribution >= 4 is 23.9 Å². The van der Waals surface area contributed by atoms with E-state index in [0.717, 1.165) is 18.4 Å². The molecule has 1 aromatic rings. The zero-order valence-electron chi connectivity index (χ0n) is 11.3. The molecule has 0 atom stereocenters. The van der Waals surface area contributed by atoms with Gasteiger partial charge in [-0.15, -0.1) is 12.4 Å². The normalized spacial score (nSPS) is 16.7. The molecule has 0 saturated heterocycles. The molecule has 3 rings (SSSR count). The monoisotopic (exact) mass is 305 g/mol. The van der Waals surface area contributed by atoms with Crippen molar-refractivity contribution in [2.45, 2.75) is 12.8 Å². The highest BCUT2D eigenvalue weighted by Gasteiger charge is 2.20. The van der Waals surface area contributed by atoms with Crippen LogP contribution in [0.1, 0.15) is 18.4 Å². The highest BCUT2D eigenvalue weighted by Crippen LogP contribution is 2.36. The number of phenolic OH excluding ortho intramolecular Hbond substituents is 1. The molecule has 0 aromatic heterocycles. The zero-order chi connectivity index (χ0) is 13.9. The van der Waals surface area contributed by atoms with Crippen molar-refractivity contribution in [2.75, 3.05) is 5.73 Å². The summed E-state index contributed by atoms with van der Waals surface area (Å²) in [6, 6.07) is 4.96. The molecule has 3 N–H and O–H groups in total. The van der Waals surface area contributed by atoms with Crippen LogP contribution in [-0.4, -0.2) is 5.11 Å². The lowest BCUT2D eigenvalue weighted by Crippen LogP contribution is -2.05. The summed E-state index contributed by atoms with van der Waals surface area (Å²) in [6.45, 7) is 0. The lowest BCUT2D eigenvalue weighted by molar-refractivity contribution is 0.284. The number of hydrogen-bond acceptors (Lipinski definition) is 4. The van der Waals surface area contributed by atoms with E-state index in [0.29, 0.717) is 22.8 Å². The fourth-order valence-electron chi connectivity index (χ4n) is 2.21. The molecule has 0 saturated carbocycles. The van der Waals surface area contributed by atoms with Crippen molar-refractivity contribution < 1.29 is 14.6 Å². The summed E-state index contributed by atoms with van der Waals surface area (Å²) in [6.07, 6.45) is 11.0. The van der Waals surface area contributed by atoms with E-state index < -0.39 is 0 Å². The number of nitrogen functional groups attached to an aromatic ring is 1. The molecule has 1 aliphatic heterocycles. The summed E-state index contributed by atoms with van der Waals surface area (Å²) < 4.78 is 11.2. The van der Waals surface area contributed by atoms with Gasteiger partial charge in [0.25, 0.3) is 0 Å². The molecule has 110 valence electrons. The summed E-state index contributed by atoms with van der Waals surface area (Å²) in [5.74, 6) is 1.13. The van der Waals surface area contributed by atoms with E-state index >= 15 is 0 Å². The highest BCUT2D eigenvalue weighted by atomic mass is 35.5. The Morgan fingerprint density at radius 3 is 2.67 bits per heavy atom. The van der Waals surface area contributed by atoms with E-state index in [2.05, 4.69) is 6.08 Å². The van der Waals surface area contributed by atoms with E-state index in [4.69, 9.17) is 15.2 Å². The Balaban J connectivity index is 0.00000161. The Morgan fingerprint density at radius 2 is 1.95 bits per heavy atom. The zero-order valence-corrected chi connectivity index (χ0v) is 12.1. The van der Waals surface area contributed by atoms with E-state index in [1.807, 2.05) is 12.2 Å². The summed E-state index contributed by atoms with van der Waals surface area (Å²) in [5.41, 5.74) is 7.85. The lowest BCUT2D eigenvalue weighted by atomic mass is 10.0. The van der Waals surface area contributed by atoms with Gasteiger partial charge in [0.15, 0.2) is 11.5 Å². The largest absolute Gasteiger partial charge is 0.507 e. The molecule has 1 aromatic carbocycles. The number of aromatic hydroxyl groups is 1. The predicted molar refractivity (Wildman–Crippen MR) is 84.5 cm³/mol. The van der Waals surface area contributed by atoms with Crippen molar-refractivity contribution in [1.29, 1.82) is 0 Å². The molecule has 1 aliphatic carbocycles. The van der Waals surface area contributed by atoms with Crippen LogP contribution in [0.5, 0.6) is 5.75 Å². The fourth-order valence-corrected chi connectivity index (χ4v) is 2.21. The van der Waals surface area contributed by atoms with E-state index in [9.17, 15) is 5.11 Å². The van der Waals surface area contributed by atoms with Crippen LogP contribution in [0, 0.1) is 0 Å². The number of halogens is 1. The first kappa shape index (κ1) is 15.1. The van der Waals surface area contributed by atoms with Gasteiger partial charge >= 0.3 is 0 Å². The number of benzene rings is 1. The quantitative estimate of drug-likeness (QED) is 0.814. The average Bonchev–Trinajstić information content (AvgIpc) is 2.48. The van der Waals surface area contributed by atoms with Crippen molar-refractivity contribution in [3.05, 3.63) is 65.8 Å². The van der Waals surface area contributed by atoms with Gasteiger partial charge in [-0.05, 0) is 30.5 Å². The lowest BCUT2D eigenvalue weighted by Gasteiger charge is -2.20. The van der Waals surface area contributed by atoms with Crippen LogP contribution in [0.25, 0.3) is 5.76 Å². The van der Waals surface area contributed by atoms with E-state index in [1.165, 1.54) is 6.26 Å². The van der Waals surface area contributed by atoms with Crippen LogP contribution < -0.4 is 5.73 Å². The number of rotatable bonds is 2. The SMILES string of the molecule is Cl.Nc1cccc(O)c1C1=COC=C(C2=CC=CCC2)O1. The topological polar surface area (TPSA) is 64.7 Å². The first-order valence-corrected chi connectivity index (χ1v) is 6.43. The van der Waals surface area contributed by atoms with Crippen LogP contribution in [0.4, 0.5) is 5.69 Å². The molecule has 0 fully saturated rings. The smallest absolute Gasteiger partial charge is 0.175 e.